The molecule has 3 atom stereocenters. The Morgan fingerprint density at radius 1 is 1.39 bits per heavy atom. The summed E-state index contributed by atoms with van der Waals surface area (Å²) in [5.41, 5.74) is 1.18. The van der Waals surface area contributed by atoms with Crippen LogP contribution in [0, 0.1) is 5.92 Å². The van der Waals surface area contributed by atoms with E-state index in [1.807, 2.05) is 0 Å². The number of amides is 2. The van der Waals surface area contributed by atoms with Crippen molar-refractivity contribution in [1.82, 2.24) is 4.90 Å². The first-order valence-electron chi connectivity index (χ1n) is 6.91. The number of carbonyl (C=O) groups is 3. The number of anilines is 1. The largest absolute Gasteiger partial charge is 0.477 e. The van der Waals surface area contributed by atoms with Crippen LogP contribution in [0.25, 0.3) is 4.91 Å². The molecule has 3 N–H and O–H groups in total. The Bertz CT molecular complexity index is 713. The van der Waals surface area contributed by atoms with Crippen molar-refractivity contribution >= 4 is 40.6 Å². The fourth-order valence-electron chi connectivity index (χ4n) is 2.77. The SMILES string of the molecule is CC(O)C1C(=O)N2C(C(=O)O)=C(c3ccc(NC=O)cc3)SC12. The molecule has 0 radical (unpaired) electrons. The van der Waals surface area contributed by atoms with Crippen LogP contribution in [0.1, 0.15) is 12.5 Å². The third-order valence-corrected chi connectivity index (χ3v) is 5.28. The minimum Gasteiger partial charge on any atom is -0.477 e. The fraction of sp³-hybridized carbons (Fsp3) is 0.267. The number of nitrogens with zero attached hydrogens (tertiary/aromatic N) is 1. The van der Waals surface area contributed by atoms with Crippen LogP contribution in [-0.2, 0) is 14.4 Å². The minimum atomic E-state index is -1.18. The van der Waals surface area contributed by atoms with Gasteiger partial charge in [0.2, 0.25) is 12.3 Å². The highest BCUT2D eigenvalue weighted by Crippen LogP contribution is 2.53. The standard InChI is InChI=1S/C15H14N2O5S/c1-7(19)10-13(20)17-11(15(21)22)12(23-14(10)17)8-2-4-9(5-3-8)16-6-18/h2-7,10,14,19H,1H3,(H,16,18)(H,21,22). The van der Waals surface area contributed by atoms with E-state index in [0.717, 1.165) is 0 Å². The highest BCUT2D eigenvalue weighted by atomic mass is 32.2. The molecule has 0 aliphatic carbocycles. The second-order valence-corrected chi connectivity index (χ2v) is 6.43. The Hall–Kier alpha value is -2.32. The summed E-state index contributed by atoms with van der Waals surface area (Å²) in [6.07, 6.45) is -0.274. The van der Waals surface area contributed by atoms with E-state index >= 15 is 0 Å². The topological polar surface area (TPSA) is 107 Å². The van der Waals surface area contributed by atoms with Crippen molar-refractivity contribution in [3.63, 3.8) is 0 Å². The van der Waals surface area contributed by atoms with Crippen LogP contribution < -0.4 is 5.32 Å². The maximum atomic E-state index is 12.1. The van der Waals surface area contributed by atoms with E-state index in [1.165, 1.54) is 23.6 Å². The second-order valence-electron chi connectivity index (χ2n) is 5.31. The number of carboxylic acid groups (broad SMARTS) is 1. The first-order chi connectivity index (χ1) is 11.0. The van der Waals surface area contributed by atoms with Crippen molar-refractivity contribution < 1.29 is 24.6 Å². The summed E-state index contributed by atoms with van der Waals surface area (Å²) in [5, 5.41) is 21.3. The lowest BCUT2D eigenvalue weighted by atomic mass is 9.92. The summed E-state index contributed by atoms with van der Waals surface area (Å²) in [4.78, 5) is 35.8. The second kappa shape index (κ2) is 5.71. The molecular weight excluding hydrogens is 320 g/mol. The number of aliphatic hydroxyl groups excluding tert-OH is 1. The van der Waals surface area contributed by atoms with Crippen molar-refractivity contribution in [2.45, 2.75) is 18.4 Å². The molecule has 0 saturated carbocycles. The molecule has 2 heterocycles. The quantitative estimate of drug-likeness (QED) is 0.546. The molecule has 0 bridgehead atoms. The fourth-order valence-corrected chi connectivity index (χ4v) is 4.39. The van der Waals surface area contributed by atoms with E-state index in [2.05, 4.69) is 5.32 Å². The van der Waals surface area contributed by atoms with Crippen LogP contribution >= 0.6 is 11.8 Å². The van der Waals surface area contributed by atoms with Crippen LogP contribution in [0.5, 0.6) is 0 Å². The van der Waals surface area contributed by atoms with Gasteiger partial charge in [0.15, 0.2) is 0 Å². The number of aliphatic carboxylic acids is 1. The van der Waals surface area contributed by atoms with Crippen LogP contribution in [0.4, 0.5) is 5.69 Å². The normalized spacial score (nSPS) is 24.1. The van der Waals surface area contributed by atoms with E-state index in [0.29, 0.717) is 22.6 Å². The van der Waals surface area contributed by atoms with Gasteiger partial charge in [-0.2, -0.15) is 0 Å². The Morgan fingerprint density at radius 2 is 2.04 bits per heavy atom. The van der Waals surface area contributed by atoms with Crippen molar-refractivity contribution in [2.24, 2.45) is 5.92 Å². The van der Waals surface area contributed by atoms with Gasteiger partial charge in [-0.05, 0) is 24.6 Å². The number of carbonyl (C=O) groups excluding carboxylic acids is 2. The molecule has 1 aromatic rings. The zero-order valence-electron chi connectivity index (χ0n) is 12.1. The Balaban J connectivity index is 1.96. The maximum absolute atomic E-state index is 12.1. The van der Waals surface area contributed by atoms with Gasteiger partial charge >= 0.3 is 5.97 Å². The highest BCUT2D eigenvalue weighted by molar-refractivity contribution is 8.09. The molecule has 23 heavy (non-hydrogen) atoms. The molecule has 3 unspecified atom stereocenters. The van der Waals surface area contributed by atoms with Gasteiger partial charge in [0.05, 0.1) is 12.0 Å². The number of benzene rings is 1. The number of fused-ring (bicyclic) bond motifs is 1. The molecule has 1 saturated heterocycles. The summed E-state index contributed by atoms with van der Waals surface area (Å²) < 4.78 is 0. The van der Waals surface area contributed by atoms with Crippen molar-refractivity contribution in [1.29, 1.82) is 0 Å². The molecule has 7 nitrogen and oxygen atoms in total. The number of hydrogen-bond acceptors (Lipinski definition) is 5. The lowest BCUT2D eigenvalue weighted by molar-refractivity contribution is -0.156. The number of aliphatic hydroxyl groups is 1. The predicted octanol–water partition coefficient (Wildman–Crippen LogP) is 0.920. The van der Waals surface area contributed by atoms with E-state index < -0.39 is 23.4 Å². The number of β-lactam (4-membered cyclic amide) rings is 1. The van der Waals surface area contributed by atoms with E-state index in [4.69, 9.17) is 0 Å². The monoisotopic (exact) mass is 334 g/mol. The highest BCUT2D eigenvalue weighted by Gasteiger charge is 2.57. The zero-order valence-corrected chi connectivity index (χ0v) is 12.9. The molecular formula is C15H14N2O5S. The van der Waals surface area contributed by atoms with Gasteiger partial charge < -0.3 is 15.5 Å². The number of nitrogens with one attached hydrogen (secondary N) is 1. The summed E-state index contributed by atoms with van der Waals surface area (Å²) in [5.74, 6) is -2.14. The van der Waals surface area contributed by atoms with Crippen LogP contribution in [0.2, 0.25) is 0 Å². The molecule has 0 aromatic heterocycles. The van der Waals surface area contributed by atoms with Gasteiger partial charge in [-0.1, -0.05) is 23.9 Å². The number of hydrogen-bond donors (Lipinski definition) is 3. The molecule has 2 aliphatic rings. The predicted molar refractivity (Wildman–Crippen MR) is 84.1 cm³/mol. The third kappa shape index (κ3) is 2.40. The van der Waals surface area contributed by atoms with Gasteiger partial charge in [0.1, 0.15) is 11.1 Å². The van der Waals surface area contributed by atoms with Crippen molar-refractivity contribution in [2.75, 3.05) is 5.32 Å². The Labute approximate surface area is 136 Å². The van der Waals surface area contributed by atoms with E-state index in [-0.39, 0.29) is 11.6 Å². The van der Waals surface area contributed by atoms with Gasteiger partial charge in [0, 0.05) is 10.6 Å². The molecule has 2 aliphatic heterocycles. The van der Waals surface area contributed by atoms with Crippen LogP contribution in [-0.4, -0.2) is 44.9 Å². The zero-order chi connectivity index (χ0) is 16.7. The first kappa shape index (κ1) is 15.6. The van der Waals surface area contributed by atoms with Crippen LogP contribution in [0.15, 0.2) is 30.0 Å². The lowest BCUT2D eigenvalue weighted by Gasteiger charge is -2.43. The average Bonchev–Trinajstić information content (AvgIpc) is 2.83. The third-order valence-electron chi connectivity index (χ3n) is 3.87. The summed E-state index contributed by atoms with van der Waals surface area (Å²) in [6, 6.07) is 6.68. The Morgan fingerprint density at radius 3 is 2.57 bits per heavy atom. The summed E-state index contributed by atoms with van der Waals surface area (Å²) in [6.45, 7) is 1.53. The first-order valence-corrected chi connectivity index (χ1v) is 7.79. The summed E-state index contributed by atoms with van der Waals surface area (Å²) in [7, 11) is 0. The Kier molecular flexibility index (Phi) is 3.87. The van der Waals surface area contributed by atoms with Gasteiger partial charge in [-0.3, -0.25) is 14.5 Å². The van der Waals surface area contributed by atoms with Crippen LogP contribution in [0.3, 0.4) is 0 Å². The van der Waals surface area contributed by atoms with Gasteiger partial charge in [-0.25, -0.2) is 4.79 Å². The molecule has 1 aromatic carbocycles. The van der Waals surface area contributed by atoms with Gasteiger partial charge in [-0.15, -0.1) is 0 Å². The smallest absolute Gasteiger partial charge is 0.353 e. The van der Waals surface area contributed by atoms with Crippen molar-refractivity contribution in [3.05, 3.63) is 35.5 Å². The molecule has 120 valence electrons. The average molecular weight is 334 g/mol. The molecule has 0 spiro atoms. The minimum absolute atomic E-state index is 0.0574. The van der Waals surface area contributed by atoms with Gasteiger partial charge in [0.25, 0.3) is 0 Å². The number of rotatable bonds is 5. The molecule has 3 rings (SSSR count). The van der Waals surface area contributed by atoms with Crippen molar-refractivity contribution in [3.8, 4) is 0 Å². The lowest BCUT2D eigenvalue weighted by Crippen LogP contribution is -2.60. The van der Waals surface area contributed by atoms with E-state index in [9.17, 15) is 24.6 Å². The maximum Gasteiger partial charge on any atom is 0.353 e. The summed E-state index contributed by atoms with van der Waals surface area (Å²) >= 11 is 1.26. The number of thioether (sulfide) groups is 1. The molecule has 2 amide bonds. The molecule has 1 fully saturated rings. The number of carboxylic acids is 1. The molecule has 8 heteroatoms. The van der Waals surface area contributed by atoms with E-state index in [1.54, 1.807) is 24.3 Å².